The second-order valence-corrected chi connectivity index (χ2v) is 7.01. The summed E-state index contributed by atoms with van der Waals surface area (Å²) in [5.41, 5.74) is 2.96. The summed E-state index contributed by atoms with van der Waals surface area (Å²) in [6.45, 7) is 3.94. The average molecular weight is 343 g/mol. The number of aryl methyl sites for hydroxylation is 2. The predicted molar refractivity (Wildman–Crippen MR) is 95.2 cm³/mol. The number of carbonyl (C=O) groups excluding carboxylic acids is 2. The van der Waals surface area contributed by atoms with E-state index in [1.807, 2.05) is 19.1 Å². The molecule has 1 aliphatic carbocycles. The van der Waals surface area contributed by atoms with Gasteiger partial charge >= 0.3 is 0 Å². The number of aromatic nitrogens is 1. The molecule has 0 aliphatic heterocycles. The first kappa shape index (κ1) is 16.6. The number of nitrogens with zero attached hydrogens (tertiary/aromatic N) is 1. The van der Waals surface area contributed by atoms with Crippen LogP contribution in [0.1, 0.15) is 40.7 Å². The van der Waals surface area contributed by atoms with E-state index in [0.29, 0.717) is 16.6 Å². The number of benzene rings is 1. The minimum absolute atomic E-state index is 0.00715. The SMILES string of the molecule is CCc1ccc(-c2nc(C)c(C(=O)NCC(=O)NC3CC3)s2)cc1. The first-order valence-electron chi connectivity index (χ1n) is 8.21. The fraction of sp³-hybridized carbons (Fsp3) is 0.389. The van der Waals surface area contributed by atoms with Gasteiger partial charge in [0.15, 0.2) is 0 Å². The van der Waals surface area contributed by atoms with Crippen molar-refractivity contribution in [3.8, 4) is 10.6 Å². The van der Waals surface area contributed by atoms with Gasteiger partial charge in [-0.15, -0.1) is 11.3 Å². The Balaban J connectivity index is 1.65. The standard InChI is InChI=1S/C18H21N3O2S/c1-3-12-4-6-13(7-5-12)18-20-11(2)16(24-18)17(23)19-10-15(22)21-14-8-9-14/h4-7,14H,3,8-10H2,1-2H3,(H,19,23)(H,21,22). The molecule has 1 saturated carbocycles. The van der Waals surface area contributed by atoms with E-state index in [-0.39, 0.29) is 18.4 Å². The minimum atomic E-state index is -0.243. The molecule has 0 bridgehead atoms. The highest BCUT2D eigenvalue weighted by Gasteiger charge is 2.23. The summed E-state index contributed by atoms with van der Waals surface area (Å²) in [6, 6.07) is 8.52. The number of hydrogen-bond acceptors (Lipinski definition) is 4. The molecule has 1 heterocycles. The lowest BCUT2D eigenvalue weighted by Gasteiger charge is -2.04. The van der Waals surface area contributed by atoms with Crippen LogP contribution in [0.25, 0.3) is 10.6 Å². The number of nitrogens with one attached hydrogen (secondary N) is 2. The van der Waals surface area contributed by atoms with Crippen LogP contribution in [0.15, 0.2) is 24.3 Å². The third-order valence-electron chi connectivity index (χ3n) is 3.96. The number of rotatable bonds is 6. The first-order chi connectivity index (χ1) is 11.6. The summed E-state index contributed by atoms with van der Waals surface area (Å²) < 4.78 is 0. The molecule has 6 heteroatoms. The zero-order valence-electron chi connectivity index (χ0n) is 13.9. The summed E-state index contributed by atoms with van der Waals surface area (Å²) in [5, 5.41) is 6.35. The van der Waals surface area contributed by atoms with Gasteiger partial charge in [-0.3, -0.25) is 9.59 Å². The van der Waals surface area contributed by atoms with Crippen LogP contribution in [0, 0.1) is 6.92 Å². The fourth-order valence-electron chi connectivity index (χ4n) is 2.36. The Kier molecular flexibility index (Phi) is 4.94. The van der Waals surface area contributed by atoms with E-state index in [1.54, 1.807) is 0 Å². The molecular formula is C18H21N3O2S. The van der Waals surface area contributed by atoms with Gasteiger partial charge in [0.1, 0.15) is 9.88 Å². The highest BCUT2D eigenvalue weighted by atomic mass is 32.1. The Morgan fingerprint density at radius 2 is 1.96 bits per heavy atom. The Morgan fingerprint density at radius 1 is 1.25 bits per heavy atom. The van der Waals surface area contributed by atoms with Crippen molar-refractivity contribution in [1.29, 1.82) is 0 Å². The van der Waals surface area contributed by atoms with Crippen LogP contribution >= 0.6 is 11.3 Å². The Hall–Kier alpha value is -2.21. The van der Waals surface area contributed by atoms with Crippen molar-refractivity contribution in [3.05, 3.63) is 40.4 Å². The average Bonchev–Trinajstić information content (AvgIpc) is 3.31. The zero-order chi connectivity index (χ0) is 17.1. The summed E-state index contributed by atoms with van der Waals surface area (Å²) in [6.07, 6.45) is 3.06. The highest BCUT2D eigenvalue weighted by Crippen LogP contribution is 2.28. The lowest BCUT2D eigenvalue weighted by atomic mass is 10.1. The predicted octanol–water partition coefficient (Wildman–Crippen LogP) is 2.69. The van der Waals surface area contributed by atoms with Crippen molar-refractivity contribution < 1.29 is 9.59 Å². The van der Waals surface area contributed by atoms with Gasteiger partial charge in [-0.25, -0.2) is 4.98 Å². The molecule has 3 rings (SSSR count). The molecule has 0 saturated heterocycles. The van der Waals surface area contributed by atoms with Crippen LogP contribution in [-0.2, 0) is 11.2 Å². The van der Waals surface area contributed by atoms with Gasteiger partial charge in [0.05, 0.1) is 12.2 Å². The van der Waals surface area contributed by atoms with Crippen molar-refractivity contribution >= 4 is 23.2 Å². The van der Waals surface area contributed by atoms with E-state index in [0.717, 1.165) is 29.8 Å². The lowest BCUT2D eigenvalue weighted by Crippen LogP contribution is -2.37. The molecule has 5 nitrogen and oxygen atoms in total. The van der Waals surface area contributed by atoms with Gasteiger partial charge < -0.3 is 10.6 Å². The first-order valence-corrected chi connectivity index (χ1v) is 9.02. The molecule has 0 atom stereocenters. The molecule has 1 fully saturated rings. The number of amides is 2. The fourth-order valence-corrected chi connectivity index (χ4v) is 3.35. The molecule has 2 aromatic rings. The van der Waals surface area contributed by atoms with Crippen molar-refractivity contribution in [1.82, 2.24) is 15.6 Å². The molecule has 1 aromatic heterocycles. The summed E-state index contributed by atoms with van der Waals surface area (Å²) in [4.78, 5) is 29.0. The van der Waals surface area contributed by atoms with Crippen LogP contribution in [-0.4, -0.2) is 29.4 Å². The molecule has 2 amide bonds. The van der Waals surface area contributed by atoms with Gasteiger partial charge in [-0.05, 0) is 31.7 Å². The van der Waals surface area contributed by atoms with Crippen LogP contribution in [0.5, 0.6) is 0 Å². The maximum absolute atomic E-state index is 12.3. The zero-order valence-corrected chi connectivity index (χ0v) is 14.7. The molecule has 2 N–H and O–H groups in total. The Morgan fingerprint density at radius 3 is 2.58 bits per heavy atom. The summed E-state index contributed by atoms with van der Waals surface area (Å²) >= 11 is 1.36. The van der Waals surface area contributed by atoms with Crippen molar-refractivity contribution in [3.63, 3.8) is 0 Å². The molecule has 0 unspecified atom stereocenters. The molecular weight excluding hydrogens is 322 g/mol. The van der Waals surface area contributed by atoms with E-state index in [2.05, 4.69) is 34.7 Å². The number of thiazole rings is 1. The largest absolute Gasteiger partial charge is 0.352 e. The quantitative estimate of drug-likeness (QED) is 0.847. The number of hydrogen-bond donors (Lipinski definition) is 2. The van der Waals surface area contributed by atoms with Crippen LogP contribution < -0.4 is 10.6 Å². The maximum Gasteiger partial charge on any atom is 0.263 e. The third kappa shape index (κ3) is 4.00. The summed E-state index contributed by atoms with van der Waals surface area (Å²) in [5.74, 6) is -0.379. The summed E-state index contributed by atoms with van der Waals surface area (Å²) in [7, 11) is 0. The third-order valence-corrected chi connectivity index (χ3v) is 5.17. The topological polar surface area (TPSA) is 71.1 Å². The Bertz CT molecular complexity index is 748. The molecule has 126 valence electrons. The van der Waals surface area contributed by atoms with Gasteiger partial charge in [-0.1, -0.05) is 31.2 Å². The van der Waals surface area contributed by atoms with Gasteiger partial charge in [0, 0.05) is 11.6 Å². The molecule has 0 spiro atoms. The minimum Gasteiger partial charge on any atom is -0.352 e. The van der Waals surface area contributed by atoms with Gasteiger partial charge in [-0.2, -0.15) is 0 Å². The van der Waals surface area contributed by atoms with Crippen LogP contribution in [0.3, 0.4) is 0 Å². The molecule has 1 aromatic carbocycles. The molecule has 24 heavy (non-hydrogen) atoms. The van der Waals surface area contributed by atoms with Crippen molar-refractivity contribution in [2.75, 3.05) is 6.54 Å². The second kappa shape index (κ2) is 7.13. The van der Waals surface area contributed by atoms with E-state index >= 15 is 0 Å². The van der Waals surface area contributed by atoms with Crippen LogP contribution in [0.2, 0.25) is 0 Å². The maximum atomic E-state index is 12.3. The smallest absolute Gasteiger partial charge is 0.263 e. The second-order valence-electron chi connectivity index (χ2n) is 6.01. The van der Waals surface area contributed by atoms with Crippen LogP contribution in [0.4, 0.5) is 0 Å². The van der Waals surface area contributed by atoms with E-state index in [4.69, 9.17) is 0 Å². The Labute approximate surface area is 145 Å². The van der Waals surface area contributed by atoms with E-state index in [1.165, 1.54) is 16.9 Å². The van der Waals surface area contributed by atoms with Crippen molar-refractivity contribution in [2.24, 2.45) is 0 Å². The normalized spacial score (nSPS) is 13.6. The highest BCUT2D eigenvalue weighted by molar-refractivity contribution is 7.17. The number of carbonyl (C=O) groups is 2. The van der Waals surface area contributed by atoms with E-state index < -0.39 is 0 Å². The lowest BCUT2D eigenvalue weighted by molar-refractivity contribution is -0.120. The van der Waals surface area contributed by atoms with E-state index in [9.17, 15) is 9.59 Å². The molecule has 0 radical (unpaired) electrons. The van der Waals surface area contributed by atoms with Crippen molar-refractivity contribution in [2.45, 2.75) is 39.2 Å². The molecule has 1 aliphatic rings. The van der Waals surface area contributed by atoms with Gasteiger partial charge in [0.2, 0.25) is 5.91 Å². The monoisotopic (exact) mass is 343 g/mol. The van der Waals surface area contributed by atoms with Gasteiger partial charge in [0.25, 0.3) is 5.91 Å².